The fourth-order valence-corrected chi connectivity index (χ4v) is 3.32. The van der Waals surface area contributed by atoms with Gasteiger partial charge in [-0.2, -0.15) is 0 Å². The smallest absolute Gasteiger partial charge is 0.221 e. The summed E-state index contributed by atoms with van der Waals surface area (Å²) in [4.78, 5) is 15.5. The Hall–Kier alpha value is -2.47. The van der Waals surface area contributed by atoms with Gasteiger partial charge in [0.05, 0.1) is 10.2 Å². The van der Waals surface area contributed by atoms with Gasteiger partial charge in [-0.25, -0.2) is 9.37 Å². The van der Waals surface area contributed by atoms with E-state index < -0.39 is 0 Å². The molecule has 0 saturated heterocycles. The average Bonchev–Trinajstić information content (AvgIpc) is 2.89. The van der Waals surface area contributed by atoms with Crippen LogP contribution in [0.15, 0.2) is 30.3 Å². The number of benzene rings is 2. The number of ether oxygens (including phenoxy) is 1. The molecule has 124 valence electrons. The summed E-state index contributed by atoms with van der Waals surface area (Å²) in [6, 6.07) is 8.73. The van der Waals surface area contributed by atoms with Gasteiger partial charge in [-0.15, -0.1) is 11.3 Å². The highest BCUT2D eigenvalue weighted by molar-refractivity contribution is 7.18. The fraction of sp³-hybridized carbons (Fsp3) is 0.222. The molecule has 2 aromatic carbocycles. The van der Waals surface area contributed by atoms with Crippen LogP contribution in [-0.2, 0) is 11.4 Å². The predicted octanol–water partition coefficient (Wildman–Crippen LogP) is 4.59. The normalized spacial score (nSPS) is 10.8. The van der Waals surface area contributed by atoms with Crippen molar-refractivity contribution < 1.29 is 13.9 Å². The molecule has 0 aliphatic heterocycles. The number of amides is 1. The van der Waals surface area contributed by atoms with Gasteiger partial charge in [-0.3, -0.25) is 4.79 Å². The van der Waals surface area contributed by atoms with Gasteiger partial charge in [-0.1, -0.05) is 0 Å². The molecule has 0 unspecified atom stereocenters. The zero-order chi connectivity index (χ0) is 17.3. The molecule has 0 atom stereocenters. The maximum absolute atomic E-state index is 13.6. The van der Waals surface area contributed by atoms with Crippen molar-refractivity contribution >= 4 is 33.1 Å². The minimum absolute atomic E-state index is 0.108. The maximum atomic E-state index is 13.6. The van der Waals surface area contributed by atoms with Crippen LogP contribution in [0.2, 0.25) is 0 Å². The SMILES string of the molecule is CC(=O)Nc1ccc(OCc2nc3cc(F)c(C)cc3s2)cc1C. The first-order chi connectivity index (χ1) is 11.4. The van der Waals surface area contributed by atoms with Crippen molar-refractivity contribution in [1.82, 2.24) is 4.98 Å². The maximum Gasteiger partial charge on any atom is 0.221 e. The molecule has 1 aromatic heterocycles. The van der Waals surface area contributed by atoms with E-state index >= 15 is 0 Å². The summed E-state index contributed by atoms with van der Waals surface area (Å²) < 4.78 is 20.3. The van der Waals surface area contributed by atoms with Crippen LogP contribution in [0.25, 0.3) is 10.2 Å². The minimum Gasteiger partial charge on any atom is -0.486 e. The van der Waals surface area contributed by atoms with Crippen molar-refractivity contribution in [3.05, 3.63) is 52.3 Å². The van der Waals surface area contributed by atoms with Crippen LogP contribution in [-0.4, -0.2) is 10.9 Å². The van der Waals surface area contributed by atoms with E-state index in [1.54, 1.807) is 19.1 Å². The number of thiazole rings is 1. The number of nitrogens with zero attached hydrogens (tertiary/aromatic N) is 1. The van der Waals surface area contributed by atoms with E-state index in [9.17, 15) is 9.18 Å². The lowest BCUT2D eigenvalue weighted by atomic mass is 10.2. The Morgan fingerprint density at radius 3 is 2.75 bits per heavy atom. The number of rotatable bonds is 4. The molecule has 4 nitrogen and oxygen atoms in total. The Balaban J connectivity index is 1.73. The van der Waals surface area contributed by atoms with Crippen LogP contribution in [0.3, 0.4) is 0 Å². The topological polar surface area (TPSA) is 51.2 Å². The largest absolute Gasteiger partial charge is 0.486 e. The summed E-state index contributed by atoms with van der Waals surface area (Å²) in [6.45, 7) is 5.44. The Morgan fingerprint density at radius 1 is 1.25 bits per heavy atom. The van der Waals surface area contributed by atoms with Crippen molar-refractivity contribution in [1.29, 1.82) is 0 Å². The Morgan fingerprint density at radius 2 is 2.04 bits per heavy atom. The van der Waals surface area contributed by atoms with Crippen molar-refractivity contribution in [2.24, 2.45) is 0 Å². The zero-order valence-electron chi connectivity index (χ0n) is 13.6. The van der Waals surface area contributed by atoms with Crippen molar-refractivity contribution in [2.45, 2.75) is 27.4 Å². The monoisotopic (exact) mass is 344 g/mol. The lowest BCUT2D eigenvalue weighted by Crippen LogP contribution is -2.07. The van der Waals surface area contributed by atoms with Gasteiger partial charge in [0, 0.05) is 18.7 Å². The van der Waals surface area contributed by atoms with Crippen LogP contribution >= 0.6 is 11.3 Å². The molecular formula is C18H17FN2O2S. The van der Waals surface area contributed by atoms with Crippen molar-refractivity contribution in [3.63, 3.8) is 0 Å². The quantitative estimate of drug-likeness (QED) is 0.753. The number of aryl methyl sites for hydroxylation is 2. The second kappa shape index (κ2) is 6.57. The highest BCUT2D eigenvalue weighted by atomic mass is 32.1. The average molecular weight is 344 g/mol. The number of hydrogen-bond donors (Lipinski definition) is 1. The molecule has 0 aliphatic carbocycles. The second-order valence-electron chi connectivity index (χ2n) is 5.62. The molecule has 0 saturated carbocycles. The van der Waals surface area contributed by atoms with E-state index in [1.165, 1.54) is 24.3 Å². The first-order valence-electron chi connectivity index (χ1n) is 7.49. The number of nitrogens with one attached hydrogen (secondary N) is 1. The standard InChI is InChI=1S/C18H17FN2O2S/c1-10-7-17-16(8-14(10)19)21-18(24-17)9-23-13-4-5-15(11(2)6-13)20-12(3)22/h4-8H,9H2,1-3H3,(H,20,22). The van der Waals surface area contributed by atoms with Crippen LogP contribution in [0.5, 0.6) is 5.75 Å². The van der Waals surface area contributed by atoms with E-state index in [2.05, 4.69) is 10.3 Å². The Kier molecular flexibility index (Phi) is 4.49. The van der Waals surface area contributed by atoms with Gasteiger partial charge in [0.1, 0.15) is 23.2 Å². The Bertz CT molecular complexity index is 882. The number of halogens is 1. The summed E-state index contributed by atoms with van der Waals surface area (Å²) in [5.41, 5.74) is 2.95. The number of anilines is 1. The minimum atomic E-state index is -0.246. The fourth-order valence-electron chi connectivity index (χ4n) is 2.36. The van der Waals surface area contributed by atoms with E-state index in [0.29, 0.717) is 23.4 Å². The van der Waals surface area contributed by atoms with Crippen molar-refractivity contribution in [3.8, 4) is 5.75 Å². The van der Waals surface area contributed by atoms with Gasteiger partial charge < -0.3 is 10.1 Å². The lowest BCUT2D eigenvalue weighted by molar-refractivity contribution is -0.114. The summed E-state index contributed by atoms with van der Waals surface area (Å²) >= 11 is 1.50. The van der Waals surface area contributed by atoms with Crippen LogP contribution in [0.4, 0.5) is 10.1 Å². The van der Waals surface area contributed by atoms with Gasteiger partial charge in [0.25, 0.3) is 0 Å². The molecule has 24 heavy (non-hydrogen) atoms. The predicted molar refractivity (Wildman–Crippen MR) is 94.1 cm³/mol. The highest BCUT2D eigenvalue weighted by Gasteiger charge is 2.09. The molecule has 0 fully saturated rings. The molecule has 0 bridgehead atoms. The van der Waals surface area contributed by atoms with E-state index in [0.717, 1.165) is 21.0 Å². The van der Waals surface area contributed by atoms with Gasteiger partial charge in [-0.05, 0) is 49.2 Å². The molecule has 1 heterocycles. The summed E-state index contributed by atoms with van der Waals surface area (Å²) in [7, 11) is 0. The number of fused-ring (bicyclic) bond motifs is 1. The molecular weight excluding hydrogens is 327 g/mol. The van der Waals surface area contributed by atoms with E-state index in [4.69, 9.17) is 4.74 Å². The van der Waals surface area contributed by atoms with Crippen molar-refractivity contribution in [2.75, 3.05) is 5.32 Å². The summed E-state index contributed by atoms with van der Waals surface area (Å²) in [6.07, 6.45) is 0. The number of hydrogen-bond acceptors (Lipinski definition) is 4. The third-order valence-corrected chi connectivity index (χ3v) is 4.58. The van der Waals surface area contributed by atoms with Crippen LogP contribution < -0.4 is 10.1 Å². The molecule has 3 aromatic rings. The molecule has 0 spiro atoms. The molecule has 0 aliphatic rings. The van der Waals surface area contributed by atoms with E-state index in [-0.39, 0.29) is 11.7 Å². The molecule has 1 amide bonds. The summed E-state index contributed by atoms with van der Waals surface area (Å²) in [5, 5.41) is 3.55. The molecule has 6 heteroatoms. The van der Waals surface area contributed by atoms with Gasteiger partial charge in [0.2, 0.25) is 5.91 Å². The highest BCUT2D eigenvalue weighted by Crippen LogP contribution is 2.27. The van der Waals surface area contributed by atoms with Crippen LogP contribution in [0.1, 0.15) is 23.1 Å². The lowest BCUT2D eigenvalue weighted by Gasteiger charge is -2.09. The number of carbonyl (C=O) groups is 1. The molecule has 3 rings (SSSR count). The number of aromatic nitrogens is 1. The molecule has 0 radical (unpaired) electrons. The first-order valence-corrected chi connectivity index (χ1v) is 8.30. The third kappa shape index (κ3) is 3.54. The zero-order valence-corrected chi connectivity index (χ0v) is 14.5. The Labute approximate surface area is 143 Å². The van der Waals surface area contributed by atoms with Crippen LogP contribution in [0, 0.1) is 19.7 Å². The first kappa shape index (κ1) is 16.4. The third-order valence-electron chi connectivity index (χ3n) is 3.58. The summed E-state index contributed by atoms with van der Waals surface area (Å²) in [5.74, 6) is 0.344. The second-order valence-corrected chi connectivity index (χ2v) is 6.74. The van der Waals surface area contributed by atoms with Gasteiger partial charge >= 0.3 is 0 Å². The molecule has 1 N–H and O–H groups in total. The van der Waals surface area contributed by atoms with E-state index in [1.807, 2.05) is 19.1 Å². The van der Waals surface area contributed by atoms with Gasteiger partial charge in [0.15, 0.2) is 0 Å². The number of carbonyl (C=O) groups excluding carboxylic acids is 1.